The van der Waals surface area contributed by atoms with Crippen molar-refractivity contribution in [2.45, 2.75) is 0 Å². The smallest absolute Gasteiger partial charge is 0.000697 e. The molecule has 0 unspecified atom stereocenters. The van der Waals surface area contributed by atoms with Gasteiger partial charge in [0, 0.05) is 0 Å². The quantitative estimate of drug-likeness (QED) is 0.166. The van der Waals surface area contributed by atoms with Crippen LogP contribution in [0.25, 0.3) is 120 Å². The van der Waals surface area contributed by atoms with E-state index in [0.717, 1.165) is 0 Å². The lowest BCUT2D eigenvalue weighted by atomic mass is 9.83. The molecule has 0 aromatic heterocycles. The fraction of sp³-hybridized carbons (Fsp3) is 0. The van der Waals surface area contributed by atoms with Gasteiger partial charge in [-0.2, -0.15) is 0 Å². The Bertz CT molecular complexity index is 3370. The number of hydrogen-bond donors (Lipinski definition) is 0. The number of fused-ring (bicyclic) bond motifs is 9. The van der Waals surface area contributed by atoms with Gasteiger partial charge in [0.2, 0.25) is 0 Å². The molecule has 0 saturated heterocycles. The molecule has 0 nitrogen and oxygen atoms in total. The first-order chi connectivity index (χ1) is 25.8. The second-order valence-electron chi connectivity index (χ2n) is 14.3. The molecule has 0 aliphatic heterocycles. The van der Waals surface area contributed by atoms with Crippen LogP contribution in [0.4, 0.5) is 0 Å². The highest BCUT2D eigenvalue weighted by atomic mass is 14.3. The molecule has 238 valence electrons. The molecule has 0 fully saturated rings. The van der Waals surface area contributed by atoms with Gasteiger partial charge in [-0.15, -0.1) is 0 Å². The normalized spacial score (nSPS) is 12.2. The van der Waals surface area contributed by atoms with Crippen LogP contribution < -0.4 is 0 Å². The third-order valence-electron chi connectivity index (χ3n) is 11.7. The van der Waals surface area contributed by atoms with Crippen LogP contribution >= 0.6 is 0 Å². The van der Waals surface area contributed by atoms with Gasteiger partial charge >= 0.3 is 0 Å². The van der Waals surface area contributed by atoms with E-state index in [1.165, 1.54) is 120 Å². The van der Waals surface area contributed by atoms with Crippen LogP contribution in [0.3, 0.4) is 0 Å². The second-order valence-corrected chi connectivity index (χ2v) is 14.3. The van der Waals surface area contributed by atoms with Crippen LogP contribution in [0.15, 0.2) is 182 Å². The largest absolute Gasteiger partial charge is 0.0622 e. The number of benzene rings is 10. The first-order valence-corrected chi connectivity index (χ1v) is 18.2. The summed E-state index contributed by atoms with van der Waals surface area (Å²) in [6, 6.07) is 68.0. The highest BCUT2D eigenvalue weighted by Crippen LogP contribution is 2.54. The van der Waals surface area contributed by atoms with Crippen LogP contribution in [-0.4, -0.2) is 0 Å². The minimum Gasteiger partial charge on any atom is -0.0622 e. The third kappa shape index (κ3) is 3.66. The van der Waals surface area contributed by atoms with E-state index in [0.29, 0.717) is 0 Å². The second kappa shape index (κ2) is 10.4. The van der Waals surface area contributed by atoms with Crippen molar-refractivity contribution >= 4 is 86.2 Å². The zero-order chi connectivity index (χ0) is 33.9. The topological polar surface area (TPSA) is 0 Å². The van der Waals surface area contributed by atoms with Crippen molar-refractivity contribution in [2.24, 2.45) is 0 Å². The van der Waals surface area contributed by atoms with Crippen LogP contribution in [0, 0.1) is 0 Å². The Kier molecular flexibility index (Phi) is 5.59. The molecular formula is C52H30. The molecule has 0 saturated carbocycles. The van der Waals surface area contributed by atoms with Gasteiger partial charge in [0.25, 0.3) is 0 Å². The van der Waals surface area contributed by atoms with Crippen LogP contribution in [-0.2, 0) is 0 Å². The van der Waals surface area contributed by atoms with Gasteiger partial charge in [-0.25, -0.2) is 0 Å². The molecule has 0 radical (unpaired) electrons. The summed E-state index contributed by atoms with van der Waals surface area (Å²) < 4.78 is 0. The zero-order valence-corrected chi connectivity index (χ0v) is 28.3. The van der Waals surface area contributed by atoms with E-state index in [-0.39, 0.29) is 0 Å². The molecule has 0 heteroatoms. The van der Waals surface area contributed by atoms with E-state index < -0.39 is 0 Å². The Hall–Kier alpha value is -6.76. The zero-order valence-electron chi connectivity index (χ0n) is 28.3. The van der Waals surface area contributed by atoms with Gasteiger partial charge in [0.1, 0.15) is 0 Å². The van der Waals surface area contributed by atoms with E-state index in [4.69, 9.17) is 0 Å². The first kappa shape index (κ1) is 28.0. The van der Waals surface area contributed by atoms with Crippen LogP contribution in [0.1, 0.15) is 0 Å². The predicted octanol–water partition coefficient (Wildman–Crippen LogP) is 14.8. The fourth-order valence-corrected chi connectivity index (χ4v) is 9.63. The molecule has 0 heterocycles. The lowest BCUT2D eigenvalue weighted by Gasteiger charge is -2.19. The maximum absolute atomic E-state index is 2.53. The summed E-state index contributed by atoms with van der Waals surface area (Å²) in [5.74, 6) is 0. The number of hydrogen-bond acceptors (Lipinski definition) is 0. The number of rotatable bonds is 3. The predicted molar refractivity (Wildman–Crippen MR) is 225 cm³/mol. The molecular weight excluding hydrogens is 625 g/mol. The van der Waals surface area contributed by atoms with Crippen molar-refractivity contribution < 1.29 is 0 Å². The minimum atomic E-state index is 1.23. The van der Waals surface area contributed by atoms with Crippen LogP contribution in [0.2, 0.25) is 0 Å². The standard InChI is InChI=1S/C52H30/c1-3-14-31(15-4-1)35-21-9-10-23-38(35)50-45-30-43-40-25-12-20-32-19-11-24-39(47(32)40)42(43)29-44(45)48(33-16-5-2-6-17-33)51-41-27-13-26-37-36-22-8-7-18-34(36)28-46(49(37)41)52(50)51/h1-30H. The van der Waals surface area contributed by atoms with E-state index >= 15 is 0 Å². The Morgan fingerprint density at radius 2 is 0.712 bits per heavy atom. The van der Waals surface area contributed by atoms with Crippen LogP contribution in [0.5, 0.6) is 0 Å². The van der Waals surface area contributed by atoms with Crippen molar-refractivity contribution in [3.05, 3.63) is 182 Å². The van der Waals surface area contributed by atoms with Crippen molar-refractivity contribution in [2.75, 3.05) is 0 Å². The Morgan fingerprint density at radius 1 is 0.212 bits per heavy atom. The van der Waals surface area contributed by atoms with Crippen molar-refractivity contribution in [1.82, 2.24) is 0 Å². The summed E-state index contributed by atoms with van der Waals surface area (Å²) in [4.78, 5) is 0. The Labute approximate surface area is 300 Å². The van der Waals surface area contributed by atoms with Gasteiger partial charge in [0.15, 0.2) is 0 Å². The molecule has 12 aromatic carbocycles. The van der Waals surface area contributed by atoms with Crippen molar-refractivity contribution in [3.8, 4) is 33.4 Å². The van der Waals surface area contributed by atoms with Gasteiger partial charge in [-0.1, -0.05) is 164 Å². The van der Waals surface area contributed by atoms with Crippen molar-refractivity contribution in [1.29, 1.82) is 0 Å². The third-order valence-corrected chi connectivity index (χ3v) is 11.7. The Balaban J connectivity index is 1.42. The minimum absolute atomic E-state index is 1.23. The summed E-state index contributed by atoms with van der Waals surface area (Å²) in [5, 5.41) is 21.1. The van der Waals surface area contributed by atoms with Gasteiger partial charge in [-0.3, -0.25) is 0 Å². The first-order valence-electron chi connectivity index (χ1n) is 18.2. The maximum atomic E-state index is 2.53. The molecule has 12 aromatic rings. The van der Waals surface area contributed by atoms with Crippen molar-refractivity contribution in [3.63, 3.8) is 0 Å². The average molecular weight is 655 g/mol. The summed E-state index contributed by atoms with van der Waals surface area (Å²) >= 11 is 0. The van der Waals surface area contributed by atoms with Gasteiger partial charge in [0.05, 0.1) is 0 Å². The Morgan fingerprint density at radius 3 is 1.44 bits per heavy atom. The van der Waals surface area contributed by atoms with E-state index in [1.807, 2.05) is 0 Å². The van der Waals surface area contributed by atoms with E-state index in [1.54, 1.807) is 0 Å². The molecule has 0 aliphatic rings. The highest BCUT2D eigenvalue weighted by Gasteiger charge is 2.26. The average Bonchev–Trinajstić information content (AvgIpc) is 3.70. The molecule has 0 N–H and O–H groups in total. The van der Waals surface area contributed by atoms with E-state index in [9.17, 15) is 0 Å². The maximum Gasteiger partial charge on any atom is -0.000697 e. The fourth-order valence-electron chi connectivity index (χ4n) is 9.63. The SMILES string of the molecule is c1ccc(-c2ccccc2-c2c3cc4c(cc3c(-c3ccccc3)c3c5cccc6c7ccccc7cc(c23)c65)c2cccc3cccc4c32)cc1. The monoisotopic (exact) mass is 654 g/mol. The molecule has 0 amide bonds. The molecule has 0 atom stereocenters. The molecule has 52 heavy (non-hydrogen) atoms. The summed E-state index contributed by atoms with van der Waals surface area (Å²) in [6.07, 6.45) is 0. The molecule has 12 rings (SSSR count). The lowest BCUT2D eigenvalue weighted by Crippen LogP contribution is -1.92. The molecule has 0 spiro atoms. The summed E-state index contributed by atoms with van der Waals surface area (Å²) in [7, 11) is 0. The highest BCUT2D eigenvalue weighted by molar-refractivity contribution is 6.43. The molecule has 0 bridgehead atoms. The van der Waals surface area contributed by atoms with Gasteiger partial charge in [-0.05, 0) is 138 Å². The van der Waals surface area contributed by atoms with E-state index in [2.05, 4.69) is 182 Å². The summed E-state index contributed by atoms with van der Waals surface area (Å²) in [6.45, 7) is 0. The van der Waals surface area contributed by atoms with Gasteiger partial charge < -0.3 is 0 Å². The lowest BCUT2D eigenvalue weighted by molar-refractivity contribution is 1.61. The molecule has 0 aliphatic carbocycles. The summed E-state index contributed by atoms with van der Waals surface area (Å²) in [5.41, 5.74) is 7.60.